The molecule has 0 unspecified atom stereocenters. The van der Waals surface area contributed by atoms with Crippen LogP contribution in [0, 0.1) is 6.42 Å². The summed E-state index contributed by atoms with van der Waals surface area (Å²) in [7, 11) is 1.65. The lowest BCUT2D eigenvalue weighted by molar-refractivity contribution is 0.157. The highest BCUT2D eigenvalue weighted by molar-refractivity contribution is 5.68. The zero-order valence-electron chi connectivity index (χ0n) is 18.9. The Kier molecular flexibility index (Phi) is 9.30. The van der Waals surface area contributed by atoms with Gasteiger partial charge < -0.3 is 20.3 Å². The first kappa shape index (κ1) is 24.3. The fourth-order valence-corrected chi connectivity index (χ4v) is 3.64. The standard InChI is InChI=1S/C27H31N2O4/c1-32-25-11-5-9-22(17-25)19-29(20-23-10-6-12-26(18-23)33-27(28)31)16-15-24(30)14-13-21-7-3-2-4-8-21/h2-12,14,17-18,24,30H,13,15-16,19-20H2,1H3,(H2,28,31)/t24-/m1/s1. The Bertz CT molecular complexity index is 1010. The summed E-state index contributed by atoms with van der Waals surface area (Å²) in [6, 6.07) is 25.4. The van der Waals surface area contributed by atoms with E-state index in [-0.39, 0.29) is 0 Å². The van der Waals surface area contributed by atoms with Crippen LogP contribution in [0.15, 0.2) is 78.9 Å². The first-order valence-electron chi connectivity index (χ1n) is 11.0. The molecule has 0 aromatic heterocycles. The molecule has 0 saturated heterocycles. The monoisotopic (exact) mass is 447 g/mol. The number of hydrogen-bond acceptors (Lipinski definition) is 5. The average molecular weight is 448 g/mol. The first-order chi connectivity index (χ1) is 16.0. The maximum absolute atomic E-state index is 11.1. The van der Waals surface area contributed by atoms with Gasteiger partial charge >= 0.3 is 6.09 Å². The van der Waals surface area contributed by atoms with Gasteiger partial charge in [0.2, 0.25) is 0 Å². The molecule has 1 radical (unpaired) electrons. The molecule has 0 spiro atoms. The second-order valence-corrected chi connectivity index (χ2v) is 7.91. The van der Waals surface area contributed by atoms with Crippen LogP contribution in [0.1, 0.15) is 23.1 Å². The first-order valence-corrected chi connectivity index (χ1v) is 11.0. The number of ether oxygens (including phenoxy) is 2. The fourth-order valence-electron chi connectivity index (χ4n) is 3.64. The van der Waals surface area contributed by atoms with Crippen molar-refractivity contribution in [1.29, 1.82) is 0 Å². The lowest BCUT2D eigenvalue weighted by Gasteiger charge is -2.24. The van der Waals surface area contributed by atoms with Crippen LogP contribution < -0.4 is 15.2 Å². The highest BCUT2D eigenvalue weighted by Gasteiger charge is 2.13. The molecule has 0 fully saturated rings. The van der Waals surface area contributed by atoms with Crippen molar-refractivity contribution in [2.24, 2.45) is 5.73 Å². The summed E-state index contributed by atoms with van der Waals surface area (Å²) in [5.74, 6) is 1.22. The number of aliphatic hydroxyl groups excluding tert-OH is 1. The van der Waals surface area contributed by atoms with Crippen LogP contribution >= 0.6 is 0 Å². The summed E-state index contributed by atoms with van der Waals surface area (Å²) < 4.78 is 10.4. The van der Waals surface area contributed by atoms with E-state index in [1.165, 1.54) is 5.56 Å². The zero-order chi connectivity index (χ0) is 23.5. The van der Waals surface area contributed by atoms with E-state index >= 15 is 0 Å². The molecule has 6 heteroatoms. The van der Waals surface area contributed by atoms with Gasteiger partial charge in [0.05, 0.1) is 13.2 Å². The summed E-state index contributed by atoms with van der Waals surface area (Å²) in [6.07, 6.45) is 1.93. The Balaban J connectivity index is 1.64. The summed E-state index contributed by atoms with van der Waals surface area (Å²) in [5, 5.41) is 10.5. The lowest BCUT2D eigenvalue weighted by atomic mass is 10.0. The van der Waals surface area contributed by atoms with Gasteiger partial charge in [0, 0.05) is 19.6 Å². The summed E-state index contributed by atoms with van der Waals surface area (Å²) in [4.78, 5) is 13.3. The van der Waals surface area contributed by atoms with Crippen LogP contribution in [0.25, 0.3) is 0 Å². The van der Waals surface area contributed by atoms with E-state index in [4.69, 9.17) is 15.2 Å². The Morgan fingerprint density at radius 2 is 1.55 bits per heavy atom. The molecule has 33 heavy (non-hydrogen) atoms. The van der Waals surface area contributed by atoms with Gasteiger partial charge in [0.25, 0.3) is 0 Å². The van der Waals surface area contributed by atoms with Gasteiger partial charge in [-0.3, -0.25) is 4.90 Å². The van der Waals surface area contributed by atoms with Crippen molar-refractivity contribution in [2.75, 3.05) is 13.7 Å². The van der Waals surface area contributed by atoms with Gasteiger partial charge in [-0.25, -0.2) is 4.79 Å². The van der Waals surface area contributed by atoms with Crippen molar-refractivity contribution in [1.82, 2.24) is 4.90 Å². The molecule has 3 aromatic carbocycles. The van der Waals surface area contributed by atoms with E-state index in [9.17, 15) is 9.90 Å². The second kappa shape index (κ2) is 12.6. The molecule has 6 nitrogen and oxygen atoms in total. The number of hydrogen-bond donors (Lipinski definition) is 2. The Labute approximate surface area is 195 Å². The molecule has 0 aliphatic rings. The predicted molar refractivity (Wildman–Crippen MR) is 129 cm³/mol. The molecule has 0 bridgehead atoms. The third kappa shape index (κ3) is 8.60. The number of amides is 1. The summed E-state index contributed by atoms with van der Waals surface area (Å²) in [5.41, 5.74) is 8.42. The van der Waals surface area contributed by atoms with E-state index in [0.29, 0.717) is 31.8 Å². The minimum atomic E-state index is -0.836. The number of carbonyl (C=O) groups is 1. The number of nitrogens with two attached hydrogens (primary N) is 1. The molecule has 3 aromatic rings. The number of nitrogens with zero attached hydrogens (tertiary/aromatic N) is 1. The number of primary amides is 1. The van der Waals surface area contributed by atoms with E-state index < -0.39 is 12.2 Å². The number of carbonyl (C=O) groups excluding carboxylic acids is 1. The van der Waals surface area contributed by atoms with Gasteiger partial charge in [-0.1, -0.05) is 54.6 Å². The van der Waals surface area contributed by atoms with Crippen LogP contribution in [-0.2, 0) is 19.5 Å². The zero-order valence-corrected chi connectivity index (χ0v) is 18.9. The van der Waals surface area contributed by atoms with E-state index in [0.717, 1.165) is 23.3 Å². The highest BCUT2D eigenvalue weighted by Crippen LogP contribution is 2.19. The second-order valence-electron chi connectivity index (χ2n) is 7.91. The van der Waals surface area contributed by atoms with Gasteiger partial charge in [-0.05, 0) is 60.2 Å². The molecule has 173 valence electrons. The van der Waals surface area contributed by atoms with Crippen molar-refractivity contribution in [3.8, 4) is 11.5 Å². The van der Waals surface area contributed by atoms with Crippen molar-refractivity contribution < 1.29 is 19.4 Å². The SMILES string of the molecule is COc1cccc(CN(CC[C@H](O)[CH]Cc2ccccc2)Cc2cccc(OC(N)=O)c2)c1. The molecule has 3 N–H and O–H groups in total. The minimum Gasteiger partial charge on any atom is -0.497 e. The van der Waals surface area contributed by atoms with Gasteiger partial charge in [0.1, 0.15) is 11.5 Å². The van der Waals surface area contributed by atoms with Crippen LogP contribution in [0.4, 0.5) is 4.79 Å². The molecule has 1 amide bonds. The van der Waals surface area contributed by atoms with E-state index in [1.54, 1.807) is 19.2 Å². The Hall–Kier alpha value is -3.35. The van der Waals surface area contributed by atoms with Gasteiger partial charge in [0.15, 0.2) is 0 Å². The fraction of sp³-hybridized carbons (Fsp3) is 0.259. The van der Waals surface area contributed by atoms with Crippen LogP contribution in [-0.4, -0.2) is 35.9 Å². The van der Waals surface area contributed by atoms with Gasteiger partial charge in [-0.15, -0.1) is 0 Å². The summed E-state index contributed by atoms with van der Waals surface area (Å²) >= 11 is 0. The van der Waals surface area contributed by atoms with Crippen LogP contribution in [0.5, 0.6) is 11.5 Å². The number of rotatable bonds is 12. The van der Waals surface area contributed by atoms with E-state index in [1.807, 2.05) is 55.0 Å². The quantitative estimate of drug-likeness (QED) is 0.431. The smallest absolute Gasteiger partial charge is 0.409 e. The number of methoxy groups -OCH3 is 1. The number of benzene rings is 3. The maximum Gasteiger partial charge on any atom is 0.409 e. The molecule has 1 atom stereocenters. The number of aliphatic hydroxyl groups is 1. The summed E-state index contributed by atoms with van der Waals surface area (Å²) in [6.45, 7) is 1.99. The largest absolute Gasteiger partial charge is 0.497 e. The Morgan fingerprint density at radius 3 is 2.18 bits per heavy atom. The normalized spacial score (nSPS) is 11.8. The maximum atomic E-state index is 11.1. The topological polar surface area (TPSA) is 85.0 Å². The molecule has 3 rings (SSSR count). The van der Waals surface area contributed by atoms with Crippen molar-refractivity contribution in [3.63, 3.8) is 0 Å². The van der Waals surface area contributed by atoms with Crippen molar-refractivity contribution >= 4 is 6.09 Å². The van der Waals surface area contributed by atoms with Crippen LogP contribution in [0.2, 0.25) is 0 Å². The van der Waals surface area contributed by atoms with E-state index in [2.05, 4.69) is 23.1 Å². The minimum absolute atomic E-state index is 0.414. The molecule has 0 saturated carbocycles. The predicted octanol–water partition coefficient (Wildman–Crippen LogP) is 4.35. The lowest BCUT2D eigenvalue weighted by Crippen LogP contribution is -2.27. The molecule has 0 aliphatic carbocycles. The Morgan fingerprint density at radius 1 is 0.939 bits per heavy atom. The third-order valence-corrected chi connectivity index (χ3v) is 5.27. The molecule has 0 heterocycles. The van der Waals surface area contributed by atoms with Crippen molar-refractivity contribution in [2.45, 2.75) is 32.0 Å². The molecule has 0 aliphatic heterocycles. The average Bonchev–Trinajstić information content (AvgIpc) is 2.82. The van der Waals surface area contributed by atoms with Crippen molar-refractivity contribution in [3.05, 3.63) is 102 Å². The highest BCUT2D eigenvalue weighted by atomic mass is 16.5. The third-order valence-electron chi connectivity index (χ3n) is 5.27. The van der Waals surface area contributed by atoms with Gasteiger partial charge in [-0.2, -0.15) is 0 Å². The molecular weight excluding hydrogens is 416 g/mol. The molecular formula is C27H31N2O4. The van der Waals surface area contributed by atoms with Crippen LogP contribution in [0.3, 0.4) is 0 Å².